The topological polar surface area (TPSA) is 15.3 Å². The Bertz CT molecular complexity index is 518. The molecule has 0 aliphatic rings. The van der Waals surface area contributed by atoms with Gasteiger partial charge in [-0.1, -0.05) is 38.1 Å². The van der Waals surface area contributed by atoms with Crippen LogP contribution in [0, 0.1) is 0 Å². The van der Waals surface area contributed by atoms with Gasteiger partial charge in [-0.15, -0.1) is 0 Å². The lowest BCUT2D eigenvalue weighted by atomic mass is 10.1. The molecule has 0 radical (unpaired) electrons. The third-order valence-corrected chi connectivity index (χ3v) is 4.75. The summed E-state index contributed by atoms with van der Waals surface area (Å²) in [5.74, 6) is 0. The summed E-state index contributed by atoms with van der Waals surface area (Å²) in [5, 5.41) is 8.00. The highest BCUT2D eigenvalue weighted by Crippen LogP contribution is 2.17. The van der Waals surface area contributed by atoms with E-state index in [4.69, 9.17) is 0 Å². The Hall–Kier alpha value is -1.16. The number of nitrogens with one attached hydrogen (secondary N) is 1. The van der Waals surface area contributed by atoms with Crippen LogP contribution in [0.1, 0.15) is 43.5 Å². The van der Waals surface area contributed by atoms with Gasteiger partial charge in [-0.05, 0) is 53.5 Å². The lowest BCUT2D eigenvalue weighted by Gasteiger charge is -2.21. The molecule has 0 saturated carbocycles. The third kappa shape index (κ3) is 4.67. The molecule has 21 heavy (non-hydrogen) atoms. The van der Waals surface area contributed by atoms with E-state index < -0.39 is 0 Å². The highest BCUT2D eigenvalue weighted by Gasteiger charge is 2.09. The largest absolute Gasteiger partial charge is 0.306 e. The van der Waals surface area contributed by atoms with Crippen molar-refractivity contribution in [2.75, 3.05) is 13.1 Å². The molecule has 2 aromatic rings. The minimum Gasteiger partial charge on any atom is -0.306 e. The van der Waals surface area contributed by atoms with Gasteiger partial charge in [0.05, 0.1) is 0 Å². The first-order valence-electron chi connectivity index (χ1n) is 7.79. The van der Waals surface area contributed by atoms with E-state index in [1.54, 1.807) is 11.3 Å². The molecular formula is C18H26N2S. The van der Waals surface area contributed by atoms with E-state index in [0.717, 1.165) is 26.2 Å². The average Bonchev–Trinajstić information content (AvgIpc) is 3.05. The zero-order valence-corrected chi connectivity index (χ0v) is 14.1. The quantitative estimate of drug-likeness (QED) is 0.775. The zero-order valence-electron chi connectivity index (χ0n) is 13.3. The fourth-order valence-corrected chi connectivity index (χ4v) is 3.23. The molecule has 1 atom stereocenters. The van der Waals surface area contributed by atoms with Crippen molar-refractivity contribution in [2.24, 2.45) is 0 Å². The molecule has 0 bridgehead atoms. The summed E-state index contributed by atoms with van der Waals surface area (Å²) in [5.41, 5.74) is 4.22. The van der Waals surface area contributed by atoms with Gasteiger partial charge >= 0.3 is 0 Å². The minimum absolute atomic E-state index is 0.401. The first kappa shape index (κ1) is 16.2. The van der Waals surface area contributed by atoms with Gasteiger partial charge in [-0.3, -0.25) is 4.90 Å². The molecule has 2 nitrogen and oxygen atoms in total. The lowest BCUT2D eigenvalue weighted by molar-refractivity contribution is 0.294. The monoisotopic (exact) mass is 302 g/mol. The number of thiophene rings is 1. The molecule has 0 saturated heterocycles. The SMILES string of the molecule is CCN(CC)Cc1ccccc1CNC(C)c1ccsc1. The van der Waals surface area contributed by atoms with Crippen molar-refractivity contribution in [2.45, 2.75) is 39.9 Å². The van der Waals surface area contributed by atoms with E-state index in [-0.39, 0.29) is 0 Å². The highest BCUT2D eigenvalue weighted by molar-refractivity contribution is 7.07. The van der Waals surface area contributed by atoms with Crippen LogP contribution in [0.25, 0.3) is 0 Å². The number of nitrogens with zero attached hydrogens (tertiary/aromatic N) is 1. The smallest absolute Gasteiger partial charge is 0.0303 e. The molecule has 0 aliphatic heterocycles. The Morgan fingerprint density at radius 3 is 2.43 bits per heavy atom. The van der Waals surface area contributed by atoms with Crippen molar-refractivity contribution in [3.05, 3.63) is 57.8 Å². The second-order valence-corrected chi connectivity index (χ2v) is 6.17. The van der Waals surface area contributed by atoms with Crippen molar-refractivity contribution >= 4 is 11.3 Å². The van der Waals surface area contributed by atoms with Gasteiger partial charge < -0.3 is 5.32 Å². The number of rotatable bonds is 8. The van der Waals surface area contributed by atoms with Crippen molar-refractivity contribution in [1.29, 1.82) is 0 Å². The average molecular weight is 302 g/mol. The van der Waals surface area contributed by atoms with Crippen LogP contribution in [0.15, 0.2) is 41.1 Å². The standard InChI is InChI=1S/C18H26N2S/c1-4-20(5-2)13-17-9-7-6-8-16(17)12-19-15(3)18-10-11-21-14-18/h6-11,14-15,19H,4-5,12-13H2,1-3H3. The maximum Gasteiger partial charge on any atom is 0.0303 e. The second kappa shape index (κ2) is 8.32. The lowest BCUT2D eigenvalue weighted by Crippen LogP contribution is -2.24. The predicted molar refractivity (Wildman–Crippen MR) is 92.6 cm³/mol. The zero-order chi connectivity index (χ0) is 15.1. The van der Waals surface area contributed by atoms with Gasteiger partial charge in [0.1, 0.15) is 0 Å². The maximum atomic E-state index is 3.64. The van der Waals surface area contributed by atoms with Gasteiger partial charge in [0.15, 0.2) is 0 Å². The highest BCUT2D eigenvalue weighted by atomic mass is 32.1. The van der Waals surface area contributed by atoms with Crippen LogP contribution >= 0.6 is 11.3 Å². The van der Waals surface area contributed by atoms with Gasteiger partial charge in [0.2, 0.25) is 0 Å². The summed E-state index contributed by atoms with van der Waals surface area (Å²) in [7, 11) is 0. The Morgan fingerprint density at radius 2 is 1.81 bits per heavy atom. The van der Waals surface area contributed by atoms with E-state index in [2.05, 4.69) is 72.1 Å². The molecule has 1 heterocycles. The predicted octanol–water partition coefficient (Wildman–Crippen LogP) is 4.44. The molecule has 1 aromatic carbocycles. The van der Waals surface area contributed by atoms with Crippen molar-refractivity contribution < 1.29 is 0 Å². The Balaban J connectivity index is 1.99. The van der Waals surface area contributed by atoms with Crippen LogP contribution in [-0.4, -0.2) is 18.0 Å². The molecule has 0 spiro atoms. The van der Waals surface area contributed by atoms with E-state index in [0.29, 0.717) is 6.04 Å². The third-order valence-electron chi connectivity index (χ3n) is 4.05. The molecular weight excluding hydrogens is 276 g/mol. The summed E-state index contributed by atoms with van der Waals surface area (Å²) >= 11 is 1.76. The summed E-state index contributed by atoms with van der Waals surface area (Å²) in [6.07, 6.45) is 0. The normalized spacial score (nSPS) is 12.8. The van der Waals surface area contributed by atoms with E-state index >= 15 is 0 Å². The van der Waals surface area contributed by atoms with Gasteiger partial charge in [-0.2, -0.15) is 11.3 Å². The summed E-state index contributed by atoms with van der Waals surface area (Å²) in [6, 6.07) is 11.4. The fourth-order valence-electron chi connectivity index (χ4n) is 2.47. The fraction of sp³-hybridized carbons (Fsp3) is 0.444. The second-order valence-electron chi connectivity index (χ2n) is 5.39. The van der Waals surface area contributed by atoms with E-state index in [1.165, 1.54) is 16.7 Å². The van der Waals surface area contributed by atoms with Gasteiger partial charge in [-0.25, -0.2) is 0 Å². The first-order chi connectivity index (χ1) is 10.2. The maximum absolute atomic E-state index is 3.64. The van der Waals surface area contributed by atoms with Crippen LogP contribution in [0.3, 0.4) is 0 Å². The van der Waals surface area contributed by atoms with Crippen LogP contribution in [0.5, 0.6) is 0 Å². The molecule has 2 rings (SSSR count). The van der Waals surface area contributed by atoms with Gasteiger partial charge in [0.25, 0.3) is 0 Å². The Labute approximate surface area is 132 Å². The number of benzene rings is 1. The van der Waals surface area contributed by atoms with Gasteiger partial charge in [0, 0.05) is 19.1 Å². The first-order valence-corrected chi connectivity index (χ1v) is 8.73. The van der Waals surface area contributed by atoms with Crippen molar-refractivity contribution in [3.8, 4) is 0 Å². The van der Waals surface area contributed by atoms with Crippen LogP contribution in [-0.2, 0) is 13.1 Å². The molecule has 114 valence electrons. The molecule has 1 aromatic heterocycles. The van der Waals surface area contributed by atoms with Crippen LogP contribution in [0.2, 0.25) is 0 Å². The molecule has 3 heteroatoms. The van der Waals surface area contributed by atoms with Crippen LogP contribution < -0.4 is 5.32 Å². The molecule has 1 unspecified atom stereocenters. The number of hydrogen-bond acceptors (Lipinski definition) is 3. The Kier molecular flexibility index (Phi) is 6.43. The van der Waals surface area contributed by atoms with Crippen molar-refractivity contribution in [1.82, 2.24) is 10.2 Å². The number of hydrogen-bond donors (Lipinski definition) is 1. The van der Waals surface area contributed by atoms with Crippen LogP contribution in [0.4, 0.5) is 0 Å². The minimum atomic E-state index is 0.401. The van der Waals surface area contributed by atoms with Crippen molar-refractivity contribution in [3.63, 3.8) is 0 Å². The molecule has 0 aliphatic carbocycles. The molecule has 0 amide bonds. The van der Waals surface area contributed by atoms with E-state index in [1.807, 2.05) is 0 Å². The Morgan fingerprint density at radius 1 is 1.10 bits per heavy atom. The van der Waals surface area contributed by atoms with E-state index in [9.17, 15) is 0 Å². The molecule has 0 fully saturated rings. The summed E-state index contributed by atoms with van der Waals surface area (Å²) in [4.78, 5) is 2.46. The summed E-state index contributed by atoms with van der Waals surface area (Å²) < 4.78 is 0. The molecule has 1 N–H and O–H groups in total. The summed E-state index contributed by atoms with van der Waals surface area (Å²) in [6.45, 7) is 10.8.